The molecular formula is C28H20FN5O2S. The Morgan fingerprint density at radius 1 is 0.973 bits per heavy atom. The predicted molar refractivity (Wildman–Crippen MR) is 142 cm³/mol. The number of nitrogens with zero attached hydrogens (tertiary/aromatic N) is 5. The second-order valence-electron chi connectivity index (χ2n) is 8.48. The van der Waals surface area contributed by atoms with Gasteiger partial charge in [-0.1, -0.05) is 53.3 Å². The highest BCUT2D eigenvalue weighted by atomic mass is 32.1. The van der Waals surface area contributed by atoms with Crippen molar-refractivity contribution < 1.29 is 9.13 Å². The Hall–Kier alpha value is -4.63. The summed E-state index contributed by atoms with van der Waals surface area (Å²) in [6, 6.07) is 22.1. The van der Waals surface area contributed by atoms with Crippen molar-refractivity contribution in [1.82, 2.24) is 24.4 Å². The van der Waals surface area contributed by atoms with E-state index in [2.05, 4.69) is 10.1 Å². The normalized spacial score (nSPS) is 11.9. The number of hydrogen-bond acceptors (Lipinski definition) is 6. The average molecular weight is 510 g/mol. The van der Waals surface area contributed by atoms with Gasteiger partial charge in [0.1, 0.15) is 5.69 Å². The Balaban J connectivity index is 1.49. The molecule has 3 aromatic heterocycles. The molecule has 0 saturated heterocycles. The van der Waals surface area contributed by atoms with Gasteiger partial charge < -0.3 is 4.74 Å². The van der Waals surface area contributed by atoms with Crippen LogP contribution in [0.25, 0.3) is 39.4 Å². The maximum absolute atomic E-state index is 14.6. The third kappa shape index (κ3) is 4.19. The molecular weight excluding hydrogens is 489 g/mol. The van der Waals surface area contributed by atoms with E-state index in [1.165, 1.54) is 29.0 Å². The molecule has 9 heteroatoms. The summed E-state index contributed by atoms with van der Waals surface area (Å²) in [6.07, 6.45) is 3.57. The van der Waals surface area contributed by atoms with Gasteiger partial charge >= 0.3 is 0 Å². The van der Waals surface area contributed by atoms with Crippen LogP contribution in [0, 0.1) is 12.7 Å². The quantitative estimate of drug-likeness (QED) is 0.338. The first-order chi connectivity index (χ1) is 18.0. The molecule has 7 nitrogen and oxygen atoms in total. The largest absolute Gasteiger partial charge is 0.494 e. The monoisotopic (exact) mass is 509 g/mol. The van der Waals surface area contributed by atoms with Crippen LogP contribution in [0.15, 0.2) is 83.8 Å². The van der Waals surface area contributed by atoms with Crippen molar-refractivity contribution in [1.29, 1.82) is 0 Å². The number of para-hydroxylation sites is 1. The lowest BCUT2D eigenvalue weighted by Crippen LogP contribution is -2.23. The van der Waals surface area contributed by atoms with E-state index in [0.29, 0.717) is 32.1 Å². The highest BCUT2D eigenvalue weighted by Crippen LogP contribution is 2.28. The number of aryl methyl sites for hydroxylation is 1. The number of hydrogen-bond donors (Lipinski definition) is 0. The molecule has 0 aliphatic rings. The van der Waals surface area contributed by atoms with Gasteiger partial charge in [0.15, 0.2) is 17.4 Å². The van der Waals surface area contributed by atoms with Gasteiger partial charge in [0, 0.05) is 22.9 Å². The molecule has 0 spiro atoms. The summed E-state index contributed by atoms with van der Waals surface area (Å²) in [4.78, 5) is 18.3. The Morgan fingerprint density at radius 2 is 1.81 bits per heavy atom. The van der Waals surface area contributed by atoms with Crippen molar-refractivity contribution in [2.45, 2.75) is 6.92 Å². The highest BCUT2D eigenvalue weighted by molar-refractivity contribution is 7.15. The van der Waals surface area contributed by atoms with E-state index >= 15 is 0 Å². The van der Waals surface area contributed by atoms with Crippen molar-refractivity contribution in [2.24, 2.45) is 0 Å². The molecule has 0 atom stereocenters. The van der Waals surface area contributed by atoms with Crippen LogP contribution in [0.2, 0.25) is 0 Å². The summed E-state index contributed by atoms with van der Waals surface area (Å²) >= 11 is 1.25. The smallest absolute Gasteiger partial charge is 0.291 e. The Kier molecular flexibility index (Phi) is 5.61. The summed E-state index contributed by atoms with van der Waals surface area (Å²) in [5.74, 6) is 0.158. The zero-order valence-electron chi connectivity index (χ0n) is 19.9. The zero-order valence-corrected chi connectivity index (χ0v) is 20.7. The number of benzene rings is 3. The van der Waals surface area contributed by atoms with Crippen LogP contribution in [-0.2, 0) is 0 Å². The van der Waals surface area contributed by atoms with Crippen molar-refractivity contribution in [3.8, 4) is 34.1 Å². The van der Waals surface area contributed by atoms with Gasteiger partial charge in [-0.25, -0.2) is 9.07 Å². The predicted octanol–water partition coefficient (Wildman–Crippen LogP) is 4.67. The third-order valence-corrected chi connectivity index (χ3v) is 6.89. The van der Waals surface area contributed by atoms with E-state index in [1.54, 1.807) is 22.9 Å². The van der Waals surface area contributed by atoms with Gasteiger partial charge in [-0.15, -0.1) is 5.10 Å². The summed E-state index contributed by atoms with van der Waals surface area (Å²) in [5, 5.41) is 9.17. The van der Waals surface area contributed by atoms with Gasteiger partial charge in [-0.3, -0.25) is 4.79 Å². The van der Waals surface area contributed by atoms with Crippen LogP contribution in [0.1, 0.15) is 11.1 Å². The topological polar surface area (TPSA) is 74.3 Å². The molecule has 0 radical (unpaired) electrons. The van der Waals surface area contributed by atoms with E-state index in [-0.39, 0.29) is 11.3 Å². The molecule has 0 unspecified atom stereocenters. The van der Waals surface area contributed by atoms with Crippen LogP contribution in [-0.4, -0.2) is 31.5 Å². The first-order valence-corrected chi connectivity index (χ1v) is 12.3. The Bertz CT molecular complexity index is 1870. The minimum Gasteiger partial charge on any atom is -0.494 e. The minimum absolute atomic E-state index is 0.147. The first kappa shape index (κ1) is 22.8. The summed E-state index contributed by atoms with van der Waals surface area (Å²) in [7, 11) is 1.42. The van der Waals surface area contributed by atoms with E-state index < -0.39 is 5.82 Å². The summed E-state index contributed by atoms with van der Waals surface area (Å²) < 4.78 is 23.1. The lowest BCUT2D eigenvalue weighted by Gasteiger charge is -2.04. The first-order valence-electron chi connectivity index (χ1n) is 11.5. The van der Waals surface area contributed by atoms with E-state index in [9.17, 15) is 9.18 Å². The molecule has 0 aliphatic carbocycles. The number of thiazole rings is 1. The number of methoxy groups -OCH3 is 1. The molecule has 6 rings (SSSR count). The van der Waals surface area contributed by atoms with Gasteiger partial charge in [0.2, 0.25) is 4.96 Å². The van der Waals surface area contributed by atoms with Gasteiger partial charge in [0.25, 0.3) is 5.56 Å². The van der Waals surface area contributed by atoms with Crippen LogP contribution < -0.4 is 14.8 Å². The SMILES string of the molecule is COc1ccc(-c2nn(-c3ccccc3)cc2C=c2sc3nc(-c4cccc(C)c4)nn3c2=O)cc1F. The second-order valence-corrected chi connectivity index (χ2v) is 9.49. The second kappa shape index (κ2) is 9.11. The van der Waals surface area contributed by atoms with Crippen molar-refractivity contribution in [3.05, 3.63) is 111 Å². The van der Waals surface area contributed by atoms with E-state index in [0.717, 1.165) is 16.8 Å². The molecule has 0 amide bonds. The van der Waals surface area contributed by atoms with Crippen molar-refractivity contribution >= 4 is 22.4 Å². The third-order valence-electron chi connectivity index (χ3n) is 5.93. The van der Waals surface area contributed by atoms with Crippen LogP contribution >= 0.6 is 11.3 Å². The van der Waals surface area contributed by atoms with E-state index in [1.807, 2.05) is 67.7 Å². The molecule has 6 aromatic rings. The fourth-order valence-electron chi connectivity index (χ4n) is 4.13. The molecule has 182 valence electrons. The van der Waals surface area contributed by atoms with Crippen LogP contribution in [0.4, 0.5) is 4.39 Å². The molecule has 0 N–H and O–H groups in total. The lowest BCUT2D eigenvalue weighted by molar-refractivity contribution is 0.386. The summed E-state index contributed by atoms with van der Waals surface area (Å²) in [6.45, 7) is 2.00. The van der Waals surface area contributed by atoms with Gasteiger partial charge in [-0.2, -0.15) is 14.6 Å². The number of aromatic nitrogens is 5. The highest BCUT2D eigenvalue weighted by Gasteiger charge is 2.16. The molecule has 0 aliphatic heterocycles. The lowest BCUT2D eigenvalue weighted by atomic mass is 10.1. The van der Waals surface area contributed by atoms with Crippen molar-refractivity contribution in [3.63, 3.8) is 0 Å². The van der Waals surface area contributed by atoms with E-state index in [4.69, 9.17) is 9.84 Å². The fraction of sp³-hybridized carbons (Fsp3) is 0.0714. The maximum atomic E-state index is 14.6. The Labute approximate surface area is 214 Å². The number of ether oxygens (including phenoxy) is 1. The maximum Gasteiger partial charge on any atom is 0.291 e. The van der Waals surface area contributed by atoms with Crippen LogP contribution in [0.5, 0.6) is 5.75 Å². The molecule has 0 fully saturated rings. The zero-order chi connectivity index (χ0) is 25.5. The molecule has 0 saturated carbocycles. The standard InChI is InChI=1S/C28H20FN5O2S/c1-17-7-6-8-19(13-17)26-30-28-34(32-26)27(35)24(37-28)15-20-16-33(21-9-4-3-5-10-21)31-25(20)18-11-12-23(36-2)22(29)14-18/h3-16H,1-2H3. The van der Waals surface area contributed by atoms with Crippen molar-refractivity contribution in [2.75, 3.05) is 7.11 Å². The molecule has 3 aromatic carbocycles. The van der Waals surface area contributed by atoms with Gasteiger partial charge in [0.05, 0.1) is 17.3 Å². The molecule has 3 heterocycles. The summed E-state index contributed by atoms with van der Waals surface area (Å²) in [5.41, 5.74) is 4.26. The molecule has 37 heavy (non-hydrogen) atoms. The number of halogens is 1. The average Bonchev–Trinajstić information content (AvgIpc) is 3.60. The molecule has 0 bridgehead atoms. The van der Waals surface area contributed by atoms with Crippen LogP contribution in [0.3, 0.4) is 0 Å². The Morgan fingerprint density at radius 3 is 2.54 bits per heavy atom. The number of rotatable bonds is 5. The fourth-order valence-corrected chi connectivity index (χ4v) is 5.02. The minimum atomic E-state index is -0.493. The van der Waals surface area contributed by atoms with Gasteiger partial charge in [-0.05, 0) is 49.4 Å². The number of fused-ring (bicyclic) bond motifs is 1.